The largest absolute Gasteiger partial charge is 0.497 e. The standard InChI is InChI=1S/C18H17FO6/c1-22-12-5-6-13(17(9-12)24-3)18(21)25-10-15(20)14-8-11(19)4-7-16(14)23-2/h4-9H,10H2,1-3H3. The van der Waals surface area contributed by atoms with Crippen molar-refractivity contribution in [1.29, 1.82) is 0 Å². The molecule has 0 aliphatic rings. The zero-order valence-corrected chi connectivity index (χ0v) is 14.0. The predicted molar refractivity (Wildman–Crippen MR) is 87.1 cm³/mol. The van der Waals surface area contributed by atoms with Crippen LogP contribution in [0.15, 0.2) is 36.4 Å². The van der Waals surface area contributed by atoms with Gasteiger partial charge in [-0.3, -0.25) is 4.79 Å². The molecule has 0 spiro atoms. The summed E-state index contributed by atoms with van der Waals surface area (Å²) in [6.45, 7) is -0.562. The summed E-state index contributed by atoms with van der Waals surface area (Å²) >= 11 is 0. The molecule has 0 radical (unpaired) electrons. The average Bonchev–Trinajstić information content (AvgIpc) is 2.65. The van der Waals surface area contributed by atoms with Crippen LogP contribution < -0.4 is 14.2 Å². The van der Waals surface area contributed by atoms with Crippen molar-refractivity contribution < 1.29 is 32.9 Å². The van der Waals surface area contributed by atoms with Crippen molar-refractivity contribution >= 4 is 11.8 Å². The lowest BCUT2D eigenvalue weighted by Crippen LogP contribution is -2.16. The number of carbonyl (C=O) groups excluding carboxylic acids is 2. The Kier molecular flexibility index (Phi) is 5.94. The second-order valence-electron chi connectivity index (χ2n) is 4.91. The molecule has 6 nitrogen and oxygen atoms in total. The molecular formula is C18H17FO6. The van der Waals surface area contributed by atoms with Crippen molar-refractivity contribution in [3.63, 3.8) is 0 Å². The summed E-state index contributed by atoms with van der Waals surface area (Å²) < 4.78 is 33.5. The molecular weight excluding hydrogens is 331 g/mol. The van der Waals surface area contributed by atoms with E-state index in [1.807, 2.05) is 0 Å². The van der Waals surface area contributed by atoms with Gasteiger partial charge >= 0.3 is 5.97 Å². The summed E-state index contributed by atoms with van der Waals surface area (Å²) in [5, 5.41) is 0. The maximum absolute atomic E-state index is 13.3. The number of Topliss-reactive ketones (excluding diaryl/α,β-unsaturated/α-hetero) is 1. The number of hydrogen-bond donors (Lipinski definition) is 0. The summed E-state index contributed by atoms with van der Waals surface area (Å²) in [5.74, 6) is -0.966. The van der Waals surface area contributed by atoms with Crippen LogP contribution in [0.2, 0.25) is 0 Å². The Morgan fingerprint density at radius 1 is 0.880 bits per heavy atom. The summed E-state index contributed by atoms with van der Waals surface area (Å²) in [6, 6.07) is 8.08. The van der Waals surface area contributed by atoms with Crippen molar-refractivity contribution in [2.45, 2.75) is 0 Å². The van der Waals surface area contributed by atoms with Crippen molar-refractivity contribution in [1.82, 2.24) is 0 Å². The highest BCUT2D eigenvalue weighted by Crippen LogP contribution is 2.25. The first kappa shape index (κ1) is 18.3. The van der Waals surface area contributed by atoms with Gasteiger partial charge in [0.15, 0.2) is 6.61 Å². The van der Waals surface area contributed by atoms with Crippen LogP contribution in [-0.4, -0.2) is 39.7 Å². The Balaban J connectivity index is 2.12. The fourth-order valence-corrected chi connectivity index (χ4v) is 2.15. The number of rotatable bonds is 7. The molecule has 2 aromatic rings. The van der Waals surface area contributed by atoms with Gasteiger partial charge < -0.3 is 18.9 Å². The van der Waals surface area contributed by atoms with Crippen LogP contribution in [0.5, 0.6) is 17.2 Å². The first-order valence-corrected chi connectivity index (χ1v) is 7.26. The molecule has 0 atom stereocenters. The number of methoxy groups -OCH3 is 3. The van der Waals surface area contributed by atoms with E-state index < -0.39 is 24.2 Å². The van der Waals surface area contributed by atoms with Crippen LogP contribution in [0.25, 0.3) is 0 Å². The molecule has 0 saturated heterocycles. The first-order valence-electron chi connectivity index (χ1n) is 7.26. The first-order chi connectivity index (χ1) is 12.0. The third kappa shape index (κ3) is 4.26. The molecule has 0 aliphatic heterocycles. The van der Waals surface area contributed by atoms with Crippen LogP contribution in [0.3, 0.4) is 0 Å². The van der Waals surface area contributed by atoms with Gasteiger partial charge in [0.2, 0.25) is 5.78 Å². The predicted octanol–water partition coefficient (Wildman–Crippen LogP) is 2.89. The highest BCUT2D eigenvalue weighted by molar-refractivity contribution is 6.01. The average molecular weight is 348 g/mol. The fraction of sp³-hybridized carbons (Fsp3) is 0.222. The third-order valence-electron chi connectivity index (χ3n) is 3.42. The van der Waals surface area contributed by atoms with Gasteiger partial charge in [-0.15, -0.1) is 0 Å². The lowest BCUT2D eigenvalue weighted by molar-refractivity contribution is 0.0470. The van der Waals surface area contributed by atoms with Gasteiger partial charge in [0.25, 0.3) is 0 Å². The number of carbonyl (C=O) groups is 2. The molecule has 132 valence electrons. The van der Waals surface area contributed by atoms with Crippen LogP contribution in [0.1, 0.15) is 20.7 Å². The Morgan fingerprint density at radius 2 is 1.60 bits per heavy atom. The fourth-order valence-electron chi connectivity index (χ4n) is 2.15. The Bertz CT molecular complexity index is 787. The van der Waals surface area contributed by atoms with E-state index in [1.165, 1.54) is 45.6 Å². The van der Waals surface area contributed by atoms with Gasteiger partial charge in [-0.2, -0.15) is 0 Å². The quantitative estimate of drug-likeness (QED) is 0.566. The Hall–Kier alpha value is -3.09. The molecule has 0 aliphatic carbocycles. The number of benzene rings is 2. The van der Waals surface area contributed by atoms with Gasteiger partial charge in [-0.25, -0.2) is 9.18 Å². The number of esters is 1. The third-order valence-corrected chi connectivity index (χ3v) is 3.42. The molecule has 2 aromatic carbocycles. The van der Waals surface area contributed by atoms with Crippen molar-refractivity contribution in [2.75, 3.05) is 27.9 Å². The van der Waals surface area contributed by atoms with Gasteiger partial charge in [-0.1, -0.05) is 0 Å². The smallest absolute Gasteiger partial charge is 0.342 e. The molecule has 0 unspecified atom stereocenters. The van der Waals surface area contributed by atoms with E-state index in [2.05, 4.69) is 0 Å². The van der Waals surface area contributed by atoms with Crippen LogP contribution in [-0.2, 0) is 4.74 Å². The van der Waals surface area contributed by atoms with E-state index in [0.717, 1.165) is 6.07 Å². The molecule has 7 heteroatoms. The lowest BCUT2D eigenvalue weighted by Gasteiger charge is -2.11. The van der Waals surface area contributed by atoms with E-state index in [4.69, 9.17) is 18.9 Å². The number of ketones is 1. The van der Waals surface area contributed by atoms with E-state index in [9.17, 15) is 14.0 Å². The minimum Gasteiger partial charge on any atom is -0.497 e. The second-order valence-corrected chi connectivity index (χ2v) is 4.91. The molecule has 2 rings (SSSR count). The molecule has 0 fully saturated rings. The minimum atomic E-state index is -0.747. The van der Waals surface area contributed by atoms with Gasteiger partial charge in [0.1, 0.15) is 28.6 Å². The monoisotopic (exact) mass is 348 g/mol. The molecule has 0 amide bonds. The second kappa shape index (κ2) is 8.14. The highest BCUT2D eigenvalue weighted by atomic mass is 19.1. The van der Waals surface area contributed by atoms with Crippen LogP contribution in [0, 0.1) is 5.82 Å². The lowest BCUT2D eigenvalue weighted by atomic mass is 10.1. The zero-order chi connectivity index (χ0) is 18.4. The number of ether oxygens (including phenoxy) is 4. The van der Waals surface area contributed by atoms with Crippen molar-refractivity contribution in [3.05, 3.63) is 53.3 Å². The molecule has 0 saturated carbocycles. The normalized spacial score (nSPS) is 10.1. The Morgan fingerprint density at radius 3 is 2.24 bits per heavy atom. The summed E-state index contributed by atoms with van der Waals surface area (Å²) in [7, 11) is 4.24. The minimum absolute atomic E-state index is 0.00278. The van der Waals surface area contributed by atoms with E-state index in [-0.39, 0.29) is 22.6 Å². The molecule has 0 heterocycles. The van der Waals surface area contributed by atoms with Gasteiger partial charge in [-0.05, 0) is 30.3 Å². The SMILES string of the molecule is COc1ccc(C(=O)OCC(=O)c2cc(F)ccc2OC)c(OC)c1. The zero-order valence-electron chi connectivity index (χ0n) is 14.0. The van der Waals surface area contributed by atoms with Crippen LogP contribution >= 0.6 is 0 Å². The van der Waals surface area contributed by atoms with Gasteiger partial charge in [0.05, 0.1) is 26.9 Å². The van der Waals surface area contributed by atoms with Gasteiger partial charge in [0, 0.05) is 6.07 Å². The summed E-state index contributed by atoms with van der Waals surface area (Å²) in [6.07, 6.45) is 0. The van der Waals surface area contributed by atoms with Crippen molar-refractivity contribution in [3.8, 4) is 17.2 Å². The maximum Gasteiger partial charge on any atom is 0.342 e. The van der Waals surface area contributed by atoms with E-state index in [1.54, 1.807) is 6.07 Å². The van der Waals surface area contributed by atoms with E-state index >= 15 is 0 Å². The molecule has 0 bridgehead atoms. The maximum atomic E-state index is 13.3. The topological polar surface area (TPSA) is 71.1 Å². The summed E-state index contributed by atoms with van der Waals surface area (Å²) in [4.78, 5) is 24.4. The van der Waals surface area contributed by atoms with E-state index in [0.29, 0.717) is 5.75 Å². The number of halogens is 1. The van der Waals surface area contributed by atoms with Crippen molar-refractivity contribution in [2.24, 2.45) is 0 Å². The summed E-state index contributed by atoms with van der Waals surface area (Å²) in [5.41, 5.74) is 0.138. The molecule has 0 aromatic heterocycles. The molecule has 0 N–H and O–H groups in total. The molecule has 25 heavy (non-hydrogen) atoms. The van der Waals surface area contributed by atoms with Crippen LogP contribution in [0.4, 0.5) is 4.39 Å². The number of hydrogen-bond acceptors (Lipinski definition) is 6. The Labute approximate surface area is 144 Å². The highest BCUT2D eigenvalue weighted by Gasteiger charge is 2.19.